The summed E-state index contributed by atoms with van der Waals surface area (Å²) in [6, 6.07) is 0. The summed E-state index contributed by atoms with van der Waals surface area (Å²) in [5.74, 6) is -0.212. The first-order valence-electron chi connectivity index (χ1n) is 2.39. The molecule has 0 rings (SSSR count). The minimum Gasteiger partial charge on any atom is -0.373 e. The summed E-state index contributed by atoms with van der Waals surface area (Å²) < 4.78 is 0. The molecule has 0 aromatic heterocycles. The van der Waals surface area contributed by atoms with Crippen LogP contribution in [-0.4, -0.2) is 23.6 Å². The predicted octanol–water partition coefficient (Wildman–Crippen LogP) is 0.558. The third-order valence-corrected chi connectivity index (χ3v) is 0.845. The van der Waals surface area contributed by atoms with Crippen LogP contribution < -0.4 is 0 Å². The van der Waals surface area contributed by atoms with Gasteiger partial charge in [-0.3, -0.25) is 4.79 Å². The van der Waals surface area contributed by atoms with E-state index in [1.165, 1.54) is 13.5 Å². The molecule has 0 saturated heterocycles. The third-order valence-electron chi connectivity index (χ3n) is 0.758. The summed E-state index contributed by atoms with van der Waals surface area (Å²) in [7, 11) is 1.49. The highest BCUT2D eigenvalue weighted by Crippen LogP contribution is 1.86. The Bertz CT molecular complexity index is 116. The molecule has 0 aromatic carbocycles. The van der Waals surface area contributed by atoms with E-state index in [2.05, 4.69) is 17.1 Å². The molecule has 0 aliphatic heterocycles. The molecule has 9 heavy (non-hydrogen) atoms. The van der Waals surface area contributed by atoms with Crippen molar-refractivity contribution in [3.8, 4) is 0 Å². The van der Waals surface area contributed by atoms with Crippen molar-refractivity contribution in [1.29, 1.82) is 0 Å². The molecule has 0 fully saturated rings. The minimum atomic E-state index is -0.212. The Balaban J connectivity index is 3.58. The van der Waals surface area contributed by atoms with Crippen LogP contribution in [0, 0.1) is 6.42 Å². The zero-order chi connectivity index (χ0) is 7.28. The van der Waals surface area contributed by atoms with Crippen LogP contribution in [0.2, 0.25) is 0 Å². The number of thiocarbonyl (C=S) groups is 1. The largest absolute Gasteiger partial charge is 0.373 e. The van der Waals surface area contributed by atoms with Crippen LogP contribution in [0.3, 0.4) is 0 Å². The first-order chi connectivity index (χ1) is 4.22. The van der Waals surface area contributed by atoms with Crippen LogP contribution in [0.5, 0.6) is 0 Å². The molecule has 3 nitrogen and oxygen atoms in total. The van der Waals surface area contributed by atoms with Crippen molar-refractivity contribution >= 4 is 23.7 Å². The van der Waals surface area contributed by atoms with Crippen LogP contribution in [0.15, 0.2) is 0 Å². The summed E-state index contributed by atoms with van der Waals surface area (Å²) in [6.45, 7) is 1.63. The third kappa shape index (κ3) is 3.03. The maximum atomic E-state index is 10.6. The van der Waals surface area contributed by atoms with E-state index >= 15 is 0 Å². The summed E-state index contributed by atoms with van der Waals surface area (Å²) in [4.78, 5) is 15.1. The number of hydrogen-bond donors (Lipinski definition) is 0. The van der Waals surface area contributed by atoms with E-state index in [9.17, 15) is 4.79 Å². The molecule has 0 bridgehead atoms. The molecule has 0 saturated carbocycles. The van der Waals surface area contributed by atoms with E-state index in [1.807, 2.05) is 0 Å². The van der Waals surface area contributed by atoms with E-state index in [1.54, 1.807) is 6.92 Å². The second-order valence-electron chi connectivity index (χ2n) is 1.33. The Labute approximate surface area is 59.5 Å². The molecule has 0 unspecified atom stereocenters. The Morgan fingerprint density at radius 1 is 1.78 bits per heavy atom. The maximum Gasteiger partial charge on any atom is 0.258 e. The van der Waals surface area contributed by atoms with Gasteiger partial charge in [-0.25, -0.2) is 0 Å². The predicted molar refractivity (Wildman–Crippen MR) is 37.5 cm³/mol. The number of carbonyl (C=O) groups excluding carboxylic acids is 1. The average molecular weight is 146 g/mol. The molecular weight excluding hydrogens is 138 g/mol. The van der Waals surface area contributed by atoms with E-state index in [-0.39, 0.29) is 5.91 Å². The fourth-order valence-corrected chi connectivity index (χ4v) is 0.427. The lowest BCUT2D eigenvalue weighted by molar-refractivity contribution is -0.149. The molecule has 0 aromatic rings. The number of amides is 1. The lowest BCUT2D eigenvalue weighted by Crippen LogP contribution is -2.25. The van der Waals surface area contributed by atoms with E-state index in [4.69, 9.17) is 0 Å². The van der Waals surface area contributed by atoms with E-state index in [0.29, 0.717) is 0 Å². The first-order valence-corrected chi connectivity index (χ1v) is 2.87. The Morgan fingerprint density at radius 2 is 2.33 bits per heavy atom. The van der Waals surface area contributed by atoms with Crippen molar-refractivity contribution in [1.82, 2.24) is 5.06 Å². The van der Waals surface area contributed by atoms with Gasteiger partial charge in [0, 0.05) is 13.5 Å². The summed E-state index contributed by atoms with van der Waals surface area (Å²) in [5, 5.41) is 1.05. The average Bonchev–Trinajstić information content (AvgIpc) is 1.87. The van der Waals surface area contributed by atoms with Crippen molar-refractivity contribution < 1.29 is 9.63 Å². The van der Waals surface area contributed by atoms with Gasteiger partial charge >= 0.3 is 0 Å². The smallest absolute Gasteiger partial charge is 0.258 e. The van der Waals surface area contributed by atoms with Crippen LogP contribution >= 0.6 is 12.2 Å². The zero-order valence-corrected chi connectivity index (χ0v) is 6.14. The van der Waals surface area contributed by atoms with Crippen molar-refractivity contribution in [2.24, 2.45) is 0 Å². The van der Waals surface area contributed by atoms with E-state index in [0.717, 1.165) is 10.6 Å². The number of carbonyl (C=O) groups is 1. The van der Waals surface area contributed by atoms with Gasteiger partial charge in [-0.15, -0.1) is 0 Å². The highest BCUT2D eigenvalue weighted by atomic mass is 32.1. The molecule has 0 aliphatic rings. The molecule has 1 radical (unpaired) electrons. The number of hydroxylamine groups is 2. The van der Waals surface area contributed by atoms with Crippen LogP contribution in [0.25, 0.3) is 0 Å². The monoisotopic (exact) mass is 146 g/mol. The van der Waals surface area contributed by atoms with Gasteiger partial charge in [0.2, 0.25) is 0 Å². The second-order valence-corrected chi connectivity index (χ2v) is 1.52. The fourth-order valence-electron chi connectivity index (χ4n) is 0.298. The number of hydrogen-bond acceptors (Lipinski definition) is 3. The van der Waals surface area contributed by atoms with Crippen LogP contribution in [0.4, 0.5) is 0 Å². The zero-order valence-electron chi connectivity index (χ0n) is 5.33. The SMILES string of the molecule is C[CH]C(=O)N(C)OC=S. The molecule has 0 aliphatic carbocycles. The summed E-state index contributed by atoms with van der Waals surface area (Å²) >= 11 is 4.34. The fraction of sp³-hybridized carbons (Fsp3) is 0.400. The highest BCUT2D eigenvalue weighted by molar-refractivity contribution is 7.78. The highest BCUT2D eigenvalue weighted by Gasteiger charge is 2.03. The Hall–Kier alpha value is -0.640. The van der Waals surface area contributed by atoms with Crippen molar-refractivity contribution in [2.45, 2.75) is 6.92 Å². The van der Waals surface area contributed by atoms with Gasteiger partial charge in [0.1, 0.15) is 0 Å². The quantitative estimate of drug-likeness (QED) is 0.430. The lowest BCUT2D eigenvalue weighted by atomic mass is 10.5. The Kier molecular flexibility index (Phi) is 3.96. The molecule has 51 valence electrons. The lowest BCUT2D eigenvalue weighted by Gasteiger charge is -2.11. The first kappa shape index (κ1) is 8.36. The van der Waals surface area contributed by atoms with Gasteiger partial charge in [0.25, 0.3) is 5.91 Å². The van der Waals surface area contributed by atoms with Crippen LogP contribution in [-0.2, 0) is 9.63 Å². The van der Waals surface area contributed by atoms with Gasteiger partial charge < -0.3 is 4.84 Å². The Morgan fingerprint density at radius 3 is 2.67 bits per heavy atom. The molecule has 1 amide bonds. The van der Waals surface area contributed by atoms with Gasteiger partial charge in [-0.1, -0.05) is 6.92 Å². The standard InChI is InChI=1S/C5H8NO2S/c1-3-5(7)6(2)8-4-9/h3-4H,1-2H3. The number of nitrogens with zero attached hydrogens (tertiary/aromatic N) is 1. The number of rotatable bonds is 3. The molecule has 0 N–H and O–H groups in total. The topological polar surface area (TPSA) is 29.5 Å². The normalized spacial score (nSPS) is 8.22. The van der Waals surface area contributed by atoms with E-state index < -0.39 is 0 Å². The summed E-state index contributed by atoms with van der Waals surface area (Å²) in [6.07, 6.45) is 1.39. The van der Waals surface area contributed by atoms with Crippen molar-refractivity contribution in [3.63, 3.8) is 0 Å². The maximum absolute atomic E-state index is 10.6. The minimum absolute atomic E-state index is 0.212. The van der Waals surface area contributed by atoms with Gasteiger partial charge in [0.05, 0.1) is 0 Å². The van der Waals surface area contributed by atoms with Gasteiger partial charge in [-0.2, -0.15) is 5.06 Å². The molecule has 0 spiro atoms. The van der Waals surface area contributed by atoms with Crippen molar-refractivity contribution in [2.75, 3.05) is 7.05 Å². The van der Waals surface area contributed by atoms with Gasteiger partial charge in [0.15, 0.2) is 5.55 Å². The molecule has 4 heteroatoms. The molecular formula is C5H8NO2S. The molecule has 0 heterocycles. The summed E-state index contributed by atoms with van der Waals surface area (Å²) in [5.41, 5.74) is 1.03. The van der Waals surface area contributed by atoms with Crippen molar-refractivity contribution in [3.05, 3.63) is 6.42 Å². The van der Waals surface area contributed by atoms with Gasteiger partial charge in [-0.05, 0) is 12.2 Å². The van der Waals surface area contributed by atoms with Crippen LogP contribution in [0.1, 0.15) is 6.92 Å². The molecule has 0 atom stereocenters. The second kappa shape index (κ2) is 4.26.